The molecule has 0 saturated carbocycles. The molecule has 0 heterocycles. The molecule has 0 aliphatic heterocycles. The number of hydrogen-bond acceptors (Lipinski definition) is 4. The van der Waals surface area contributed by atoms with Gasteiger partial charge in [0.25, 0.3) is 0 Å². The summed E-state index contributed by atoms with van der Waals surface area (Å²) < 4.78 is 0. The molecule has 0 amide bonds. The summed E-state index contributed by atoms with van der Waals surface area (Å²) in [7, 11) is 0. The van der Waals surface area contributed by atoms with Gasteiger partial charge in [-0.05, 0) is 35.1 Å². The lowest BCUT2D eigenvalue weighted by Gasteiger charge is -2.45. The van der Waals surface area contributed by atoms with E-state index in [1.165, 1.54) is 24.3 Å². The maximum atomic E-state index is 12.6. The molecule has 3 rings (SSSR count). The molecule has 0 unspecified atom stereocenters. The van der Waals surface area contributed by atoms with E-state index in [2.05, 4.69) is 0 Å². The number of aliphatic carboxylic acids is 4. The Balaban J connectivity index is 2.42. The number of fused-ring (bicyclic) bond motifs is 2. The molecule has 1 aliphatic rings. The van der Waals surface area contributed by atoms with Crippen LogP contribution in [-0.4, -0.2) is 44.3 Å². The van der Waals surface area contributed by atoms with Gasteiger partial charge < -0.3 is 20.4 Å². The van der Waals surface area contributed by atoms with E-state index in [1.54, 1.807) is 24.3 Å². The van der Waals surface area contributed by atoms with Crippen LogP contribution in [-0.2, 0) is 30.0 Å². The van der Waals surface area contributed by atoms with Crippen LogP contribution < -0.4 is 0 Å². The van der Waals surface area contributed by atoms with Crippen molar-refractivity contribution >= 4 is 23.9 Å². The number of rotatable bonds is 8. The summed E-state index contributed by atoms with van der Waals surface area (Å²) in [4.78, 5) is 47.8. The van der Waals surface area contributed by atoms with Gasteiger partial charge in [-0.15, -0.1) is 0 Å². The van der Waals surface area contributed by atoms with Crippen molar-refractivity contribution in [2.75, 3.05) is 0 Å². The molecule has 4 N–H and O–H groups in total. The molecule has 8 heteroatoms. The first-order chi connectivity index (χ1) is 14.2. The Hall–Kier alpha value is -3.68. The molecule has 8 nitrogen and oxygen atoms in total. The Morgan fingerprint density at radius 1 is 0.567 bits per heavy atom. The summed E-state index contributed by atoms with van der Waals surface area (Å²) in [6, 6.07) is 12.2. The van der Waals surface area contributed by atoms with E-state index >= 15 is 0 Å². The van der Waals surface area contributed by atoms with Crippen LogP contribution in [0.25, 0.3) is 0 Å². The van der Waals surface area contributed by atoms with E-state index in [4.69, 9.17) is 0 Å². The number of benzene rings is 2. The van der Waals surface area contributed by atoms with Crippen molar-refractivity contribution in [2.45, 2.75) is 36.5 Å². The molecular weight excluding hydrogens is 392 g/mol. The standard InChI is InChI=1S/C22H20O8/c23-17(24)9-11-21(19(27)28)13-5-1-2-6-14(13)22(20(29)30,12-10-18(25)26)16-8-4-3-7-15(16)21/h1-8H,9-12H2,(H,23,24)(H,25,26)(H,27,28)(H,29,30). The van der Waals surface area contributed by atoms with Crippen LogP contribution in [0.5, 0.6) is 0 Å². The summed E-state index contributed by atoms with van der Waals surface area (Å²) in [6.07, 6.45) is -1.44. The molecular formula is C22H20O8. The molecule has 0 atom stereocenters. The molecule has 0 fully saturated rings. The molecule has 0 aromatic heterocycles. The molecule has 2 aromatic rings. The Labute approximate surface area is 171 Å². The molecule has 0 saturated heterocycles. The van der Waals surface area contributed by atoms with Gasteiger partial charge in [-0.25, -0.2) is 0 Å². The highest BCUT2D eigenvalue weighted by atomic mass is 16.4. The molecule has 0 spiro atoms. The quantitative estimate of drug-likeness (QED) is 0.516. The summed E-state index contributed by atoms with van der Waals surface area (Å²) in [6.45, 7) is 0. The topological polar surface area (TPSA) is 149 Å². The third-order valence-corrected chi connectivity index (χ3v) is 5.85. The molecule has 0 bridgehead atoms. The Morgan fingerprint density at radius 2 is 0.833 bits per heavy atom. The lowest BCUT2D eigenvalue weighted by atomic mass is 9.55. The van der Waals surface area contributed by atoms with E-state index < -0.39 is 47.5 Å². The average Bonchev–Trinajstić information content (AvgIpc) is 2.70. The van der Waals surface area contributed by atoms with Gasteiger partial charge in [-0.2, -0.15) is 0 Å². The van der Waals surface area contributed by atoms with Crippen molar-refractivity contribution in [3.63, 3.8) is 0 Å². The van der Waals surface area contributed by atoms with Crippen LogP contribution in [0.2, 0.25) is 0 Å². The van der Waals surface area contributed by atoms with Gasteiger partial charge >= 0.3 is 23.9 Å². The van der Waals surface area contributed by atoms with Crippen LogP contribution in [0.15, 0.2) is 48.5 Å². The van der Waals surface area contributed by atoms with Crippen molar-refractivity contribution in [1.82, 2.24) is 0 Å². The van der Waals surface area contributed by atoms with Crippen LogP contribution in [0.1, 0.15) is 47.9 Å². The highest BCUT2D eigenvalue weighted by molar-refractivity contribution is 5.96. The first-order valence-electron chi connectivity index (χ1n) is 9.28. The smallest absolute Gasteiger partial charge is 0.318 e. The summed E-state index contributed by atoms with van der Waals surface area (Å²) >= 11 is 0. The van der Waals surface area contributed by atoms with Gasteiger partial charge in [0.05, 0.1) is 0 Å². The second-order valence-corrected chi connectivity index (χ2v) is 7.30. The average molecular weight is 412 g/mol. The van der Waals surface area contributed by atoms with Gasteiger partial charge in [-0.1, -0.05) is 48.5 Å². The zero-order valence-corrected chi connectivity index (χ0v) is 15.9. The van der Waals surface area contributed by atoms with E-state index in [1.807, 2.05) is 0 Å². The normalized spacial score (nSPS) is 21.9. The molecule has 2 aromatic carbocycles. The van der Waals surface area contributed by atoms with E-state index in [0.29, 0.717) is 0 Å². The van der Waals surface area contributed by atoms with Crippen molar-refractivity contribution in [1.29, 1.82) is 0 Å². The fourth-order valence-corrected chi connectivity index (χ4v) is 4.55. The monoisotopic (exact) mass is 412 g/mol. The third kappa shape index (κ3) is 3.01. The van der Waals surface area contributed by atoms with Crippen LogP contribution >= 0.6 is 0 Å². The third-order valence-electron chi connectivity index (χ3n) is 5.85. The maximum Gasteiger partial charge on any atom is 0.318 e. The number of carboxylic acids is 4. The van der Waals surface area contributed by atoms with Gasteiger partial charge in [0.1, 0.15) is 10.8 Å². The summed E-state index contributed by atoms with van der Waals surface area (Å²) in [5.74, 6) is -4.93. The van der Waals surface area contributed by atoms with E-state index in [-0.39, 0.29) is 35.1 Å². The fourth-order valence-electron chi connectivity index (χ4n) is 4.55. The first-order valence-corrected chi connectivity index (χ1v) is 9.28. The Bertz CT molecular complexity index is 909. The lowest BCUT2D eigenvalue weighted by molar-refractivity contribution is -0.147. The van der Waals surface area contributed by atoms with Crippen LogP contribution in [0.3, 0.4) is 0 Å². The van der Waals surface area contributed by atoms with Crippen molar-refractivity contribution < 1.29 is 39.6 Å². The summed E-state index contributed by atoms with van der Waals surface area (Å²) in [5.41, 5.74) is -2.85. The predicted molar refractivity (Wildman–Crippen MR) is 103 cm³/mol. The van der Waals surface area contributed by atoms with Crippen molar-refractivity contribution in [3.05, 3.63) is 70.8 Å². The van der Waals surface area contributed by atoms with Gasteiger partial charge in [0.15, 0.2) is 0 Å². The van der Waals surface area contributed by atoms with Gasteiger partial charge in [0, 0.05) is 12.8 Å². The highest BCUT2D eigenvalue weighted by Gasteiger charge is 2.57. The number of hydrogen-bond donors (Lipinski definition) is 4. The van der Waals surface area contributed by atoms with E-state index in [9.17, 15) is 39.6 Å². The van der Waals surface area contributed by atoms with Crippen molar-refractivity contribution in [3.8, 4) is 0 Å². The second-order valence-electron chi connectivity index (χ2n) is 7.30. The Morgan fingerprint density at radius 3 is 1.03 bits per heavy atom. The van der Waals surface area contributed by atoms with Gasteiger partial charge in [0.2, 0.25) is 0 Å². The molecule has 156 valence electrons. The molecule has 30 heavy (non-hydrogen) atoms. The molecule has 1 aliphatic carbocycles. The largest absolute Gasteiger partial charge is 0.481 e. The maximum absolute atomic E-state index is 12.6. The Kier molecular flexibility index (Phi) is 5.35. The minimum atomic E-state index is -1.77. The molecule has 0 radical (unpaired) electrons. The minimum absolute atomic E-state index is 0.172. The van der Waals surface area contributed by atoms with E-state index in [0.717, 1.165) is 0 Å². The minimum Gasteiger partial charge on any atom is -0.481 e. The zero-order chi connectivity index (χ0) is 22.1. The summed E-state index contributed by atoms with van der Waals surface area (Å²) in [5, 5.41) is 39.0. The van der Waals surface area contributed by atoms with Gasteiger partial charge in [-0.3, -0.25) is 19.2 Å². The van der Waals surface area contributed by atoms with Crippen LogP contribution in [0, 0.1) is 0 Å². The first kappa shape index (κ1) is 21.0. The second kappa shape index (κ2) is 7.62. The van der Waals surface area contributed by atoms with Crippen LogP contribution in [0.4, 0.5) is 0 Å². The predicted octanol–water partition coefficient (Wildman–Crippen LogP) is 2.47. The number of carbonyl (C=O) groups is 4. The number of carboxylic acid groups (broad SMARTS) is 4. The fraction of sp³-hybridized carbons (Fsp3) is 0.273. The zero-order valence-electron chi connectivity index (χ0n) is 15.9. The lowest BCUT2D eigenvalue weighted by Crippen LogP contribution is -2.50. The highest BCUT2D eigenvalue weighted by Crippen LogP contribution is 2.53. The SMILES string of the molecule is O=C(O)CCC1(C(=O)O)c2ccccc2C(CCC(=O)O)(C(=O)O)c2ccccc21. The van der Waals surface area contributed by atoms with Crippen molar-refractivity contribution in [2.24, 2.45) is 0 Å².